The first-order valence-electron chi connectivity index (χ1n) is 4.18. The summed E-state index contributed by atoms with van der Waals surface area (Å²) in [5.74, 6) is 1.47. The summed E-state index contributed by atoms with van der Waals surface area (Å²) in [7, 11) is 3.18. The normalized spacial score (nSPS) is 21.6. The Balaban J connectivity index is 2.84. The Kier molecular flexibility index (Phi) is 3.12. The number of allylic oxidation sites excluding steroid dienone is 4. The topological polar surface area (TPSA) is 35.5 Å². The van der Waals surface area contributed by atoms with E-state index in [-0.39, 0.29) is 11.7 Å². The highest BCUT2D eigenvalue weighted by molar-refractivity contribution is 5.81. The molecule has 1 aliphatic carbocycles. The van der Waals surface area contributed by atoms with Crippen molar-refractivity contribution in [2.45, 2.75) is 13.3 Å². The number of ether oxygens (including phenoxy) is 2. The number of carbonyl (C=O) groups excluding carboxylic acids is 1. The molecule has 0 aromatic heterocycles. The fourth-order valence-corrected chi connectivity index (χ4v) is 1.37. The molecule has 3 nitrogen and oxygen atoms in total. The van der Waals surface area contributed by atoms with Crippen molar-refractivity contribution in [3.05, 3.63) is 23.7 Å². The van der Waals surface area contributed by atoms with Gasteiger partial charge in [-0.1, -0.05) is 0 Å². The van der Waals surface area contributed by atoms with Gasteiger partial charge >= 0.3 is 0 Å². The number of hydrogen-bond donors (Lipinski definition) is 0. The second-order valence-corrected chi connectivity index (χ2v) is 2.98. The van der Waals surface area contributed by atoms with Crippen molar-refractivity contribution in [1.29, 1.82) is 0 Å². The summed E-state index contributed by atoms with van der Waals surface area (Å²) in [5, 5.41) is 0. The minimum atomic E-state index is -0.176. The van der Waals surface area contributed by atoms with E-state index in [1.165, 1.54) is 0 Å². The molecular weight excluding hydrogens is 168 g/mol. The van der Waals surface area contributed by atoms with Crippen molar-refractivity contribution in [3.8, 4) is 0 Å². The molecule has 0 amide bonds. The average molecular weight is 182 g/mol. The Bertz CT molecular complexity index is 263. The van der Waals surface area contributed by atoms with Crippen LogP contribution in [0.5, 0.6) is 0 Å². The number of rotatable bonds is 3. The quantitative estimate of drug-likeness (QED) is 0.665. The van der Waals surface area contributed by atoms with Crippen molar-refractivity contribution in [3.63, 3.8) is 0 Å². The van der Waals surface area contributed by atoms with Gasteiger partial charge < -0.3 is 9.47 Å². The number of Topliss-reactive ketones (excluding diaryl/α,β-unsaturated/α-hetero) is 1. The number of methoxy groups -OCH3 is 2. The van der Waals surface area contributed by atoms with E-state index >= 15 is 0 Å². The molecule has 0 bridgehead atoms. The second-order valence-electron chi connectivity index (χ2n) is 2.98. The SMILES string of the molecule is COC1=CC=C(OC)C(C(C)=O)C1. The van der Waals surface area contributed by atoms with Crippen LogP contribution in [0.25, 0.3) is 0 Å². The molecule has 0 spiro atoms. The molecule has 1 rings (SSSR count). The maximum absolute atomic E-state index is 11.2. The van der Waals surface area contributed by atoms with Crippen LogP contribution in [-0.2, 0) is 14.3 Å². The number of ketones is 1. The largest absolute Gasteiger partial charge is 0.501 e. The highest BCUT2D eigenvalue weighted by atomic mass is 16.5. The molecule has 1 atom stereocenters. The zero-order valence-corrected chi connectivity index (χ0v) is 8.16. The van der Waals surface area contributed by atoms with Gasteiger partial charge in [0, 0.05) is 6.42 Å². The fraction of sp³-hybridized carbons (Fsp3) is 0.500. The predicted octanol–water partition coefficient (Wildman–Crippen LogP) is 1.66. The predicted molar refractivity (Wildman–Crippen MR) is 49.0 cm³/mol. The first-order valence-corrected chi connectivity index (χ1v) is 4.18. The van der Waals surface area contributed by atoms with E-state index in [4.69, 9.17) is 9.47 Å². The van der Waals surface area contributed by atoms with Gasteiger partial charge in [0.25, 0.3) is 0 Å². The summed E-state index contributed by atoms with van der Waals surface area (Å²) in [6.45, 7) is 1.57. The monoisotopic (exact) mass is 182 g/mol. The van der Waals surface area contributed by atoms with Crippen LogP contribution in [0.3, 0.4) is 0 Å². The Morgan fingerprint density at radius 2 is 2.08 bits per heavy atom. The van der Waals surface area contributed by atoms with Crippen molar-refractivity contribution in [1.82, 2.24) is 0 Å². The van der Waals surface area contributed by atoms with Crippen LogP contribution >= 0.6 is 0 Å². The smallest absolute Gasteiger partial charge is 0.140 e. The van der Waals surface area contributed by atoms with E-state index in [0.717, 1.165) is 5.76 Å². The summed E-state index contributed by atoms with van der Waals surface area (Å²) in [6.07, 6.45) is 4.22. The van der Waals surface area contributed by atoms with Crippen LogP contribution in [-0.4, -0.2) is 20.0 Å². The van der Waals surface area contributed by atoms with Crippen molar-refractivity contribution in [2.24, 2.45) is 5.92 Å². The van der Waals surface area contributed by atoms with Gasteiger partial charge in [-0.05, 0) is 19.1 Å². The molecule has 0 saturated carbocycles. The van der Waals surface area contributed by atoms with Gasteiger partial charge in [0.2, 0.25) is 0 Å². The van der Waals surface area contributed by atoms with Crippen molar-refractivity contribution >= 4 is 5.78 Å². The third-order valence-electron chi connectivity index (χ3n) is 2.17. The molecule has 0 aromatic carbocycles. The zero-order chi connectivity index (χ0) is 9.84. The Morgan fingerprint density at radius 1 is 1.38 bits per heavy atom. The van der Waals surface area contributed by atoms with Gasteiger partial charge in [-0.2, -0.15) is 0 Å². The molecule has 1 aliphatic rings. The lowest BCUT2D eigenvalue weighted by molar-refractivity contribution is -0.120. The number of hydrogen-bond acceptors (Lipinski definition) is 3. The summed E-state index contributed by atoms with van der Waals surface area (Å²) in [5.41, 5.74) is 0. The van der Waals surface area contributed by atoms with Crippen LogP contribution in [0.1, 0.15) is 13.3 Å². The maximum Gasteiger partial charge on any atom is 0.140 e. The second kappa shape index (κ2) is 4.12. The molecule has 13 heavy (non-hydrogen) atoms. The molecule has 0 radical (unpaired) electrons. The van der Waals surface area contributed by atoms with E-state index in [1.807, 2.05) is 6.08 Å². The molecule has 0 N–H and O–H groups in total. The summed E-state index contributed by atoms with van der Waals surface area (Å²) in [6, 6.07) is 0. The third-order valence-corrected chi connectivity index (χ3v) is 2.17. The van der Waals surface area contributed by atoms with Crippen LogP contribution in [0.4, 0.5) is 0 Å². The molecule has 0 saturated heterocycles. The lowest BCUT2D eigenvalue weighted by atomic mass is 9.93. The highest BCUT2D eigenvalue weighted by Crippen LogP contribution is 2.26. The first-order chi connectivity index (χ1) is 6.19. The highest BCUT2D eigenvalue weighted by Gasteiger charge is 2.24. The van der Waals surface area contributed by atoms with Gasteiger partial charge in [0.1, 0.15) is 11.5 Å². The van der Waals surface area contributed by atoms with Gasteiger partial charge in [0.05, 0.1) is 25.9 Å². The Labute approximate surface area is 78.0 Å². The third kappa shape index (κ3) is 2.11. The van der Waals surface area contributed by atoms with E-state index in [2.05, 4.69) is 0 Å². The van der Waals surface area contributed by atoms with Gasteiger partial charge in [0.15, 0.2) is 0 Å². The molecular formula is C10H14O3. The van der Waals surface area contributed by atoms with Crippen molar-refractivity contribution < 1.29 is 14.3 Å². The number of carbonyl (C=O) groups is 1. The molecule has 1 unspecified atom stereocenters. The lowest BCUT2D eigenvalue weighted by Gasteiger charge is -2.20. The molecule has 0 aromatic rings. The maximum atomic E-state index is 11.2. The van der Waals surface area contributed by atoms with E-state index < -0.39 is 0 Å². The van der Waals surface area contributed by atoms with Crippen LogP contribution in [0.2, 0.25) is 0 Å². The summed E-state index contributed by atoms with van der Waals surface area (Å²) >= 11 is 0. The van der Waals surface area contributed by atoms with Crippen molar-refractivity contribution in [2.75, 3.05) is 14.2 Å². The molecule has 3 heteroatoms. The molecule has 0 fully saturated rings. The van der Waals surface area contributed by atoms with Crippen LogP contribution in [0.15, 0.2) is 23.7 Å². The average Bonchev–Trinajstić information content (AvgIpc) is 2.16. The van der Waals surface area contributed by atoms with E-state index in [9.17, 15) is 4.79 Å². The Hall–Kier alpha value is -1.25. The standard InChI is InChI=1S/C10H14O3/c1-7(11)9-6-8(12-2)4-5-10(9)13-3/h4-5,9H,6H2,1-3H3. The first kappa shape index (κ1) is 9.84. The van der Waals surface area contributed by atoms with Gasteiger partial charge in [-0.3, -0.25) is 4.79 Å². The van der Waals surface area contributed by atoms with Gasteiger partial charge in [-0.15, -0.1) is 0 Å². The van der Waals surface area contributed by atoms with E-state index in [0.29, 0.717) is 12.2 Å². The zero-order valence-electron chi connectivity index (χ0n) is 8.16. The van der Waals surface area contributed by atoms with Crippen LogP contribution < -0.4 is 0 Å². The Morgan fingerprint density at radius 3 is 2.54 bits per heavy atom. The van der Waals surface area contributed by atoms with E-state index in [1.54, 1.807) is 27.2 Å². The minimum absolute atomic E-state index is 0.107. The molecule has 0 aliphatic heterocycles. The van der Waals surface area contributed by atoms with Gasteiger partial charge in [-0.25, -0.2) is 0 Å². The minimum Gasteiger partial charge on any atom is -0.501 e. The van der Waals surface area contributed by atoms with Crippen LogP contribution in [0, 0.1) is 5.92 Å². The molecule has 72 valence electrons. The fourth-order valence-electron chi connectivity index (χ4n) is 1.37. The summed E-state index contributed by atoms with van der Waals surface area (Å²) < 4.78 is 10.2. The lowest BCUT2D eigenvalue weighted by Crippen LogP contribution is -2.18. The summed E-state index contributed by atoms with van der Waals surface area (Å²) in [4.78, 5) is 11.2. The molecule has 0 heterocycles.